The first-order valence-corrected chi connectivity index (χ1v) is 12.7. The van der Waals surface area contributed by atoms with Gasteiger partial charge < -0.3 is 10.6 Å². The van der Waals surface area contributed by atoms with Gasteiger partial charge in [0.05, 0.1) is 16.3 Å². The number of hydrogen-bond donors (Lipinski definition) is 2. The molecule has 9 heteroatoms. The van der Waals surface area contributed by atoms with Crippen LogP contribution in [0.2, 0.25) is 5.02 Å². The number of amides is 2. The van der Waals surface area contributed by atoms with Crippen LogP contribution < -0.4 is 10.6 Å². The van der Waals surface area contributed by atoms with Crippen molar-refractivity contribution in [1.82, 2.24) is 9.62 Å². The molecular weight excluding hydrogens is 450 g/mol. The van der Waals surface area contributed by atoms with Gasteiger partial charge in [0.1, 0.15) is 0 Å². The van der Waals surface area contributed by atoms with Crippen LogP contribution in [0, 0.1) is 5.92 Å². The summed E-state index contributed by atoms with van der Waals surface area (Å²) in [5.74, 6) is -0.699. The fourth-order valence-electron chi connectivity index (χ4n) is 3.78. The van der Waals surface area contributed by atoms with Gasteiger partial charge in [-0.1, -0.05) is 41.9 Å². The van der Waals surface area contributed by atoms with E-state index in [9.17, 15) is 18.0 Å². The lowest BCUT2D eigenvalue weighted by atomic mass is 9.97. The second kappa shape index (κ2) is 9.60. The first-order chi connectivity index (χ1) is 15.3. The third kappa shape index (κ3) is 5.68. The molecule has 0 spiro atoms. The number of carbonyl (C=O) groups is 2. The van der Waals surface area contributed by atoms with Gasteiger partial charge in [0.2, 0.25) is 15.9 Å². The maximum Gasteiger partial charge on any atom is 0.253 e. The lowest BCUT2D eigenvalue weighted by Crippen LogP contribution is -2.41. The van der Waals surface area contributed by atoms with E-state index in [1.807, 2.05) is 18.2 Å². The minimum atomic E-state index is -3.42. The lowest BCUT2D eigenvalue weighted by Gasteiger charge is -2.30. The number of piperidine rings is 1. The van der Waals surface area contributed by atoms with Gasteiger partial charge in [-0.25, -0.2) is 12.7 Å². The van der Waals surface area contributed by atoms with Crippen LogP contribution in [0.1, 0.15) is 41.6 Å². The van der Waals surface area contributed by atoms with E-state index in [0.29, 0.717) is 37.2 Å². The van der Waals surface area contributed by atoms with E-state index < -0.39 is 10.0 Å². The molecule has 7 nitrogen and oxygen atoms in total. The molecule has 1 aliphatic heterocycles. The summed E-state index contributed by atoms with van der Waals surface area (Å²) < 4.78 is 26.9. The Hall–Kier alpha value is -2.42. The van der Waals surface area contributed by atoms with E-state index in [4.69, 9.17) is 11.6 Å². The normalized spacial score (nSPS) is 17.7. The SMILES string of the molecule is O=C(NC1CC1)c1ccc(NC(=O)C2CCN(S(=O)(=O)Cc3ccccc3)CC2)cc1Cl. The van der Waals surface area contributed by atoms with Crippen LogP contribution >= 0.6 is 11.6 Å². The first kappa shape index (κ1) is 22.8. The summed E-state index contributed by atoms with van der Waals surface area (Å²) in [7, 11) is -3.42. The number of benzene rings is 2. The molecule has 0 bridgehead atoms. The molecule has 32 heavy (non-hydrogen) atoms. The van der Waals surface area contributed by atoms with Crippen molar-refractivity contribution in [2.45, 2.75) is 37.5 Å². The Kier molecular flexibility index (Phi) is 6.83. The van der Waals surface area contributed by atoms with Gasteiger partial charge in [-0.15, -0.1) is 0 Å². The second-order valence-electron chi connectivity index (χ2n) is 8.35. The number of nitrogens with zero attached hydrogens (tertiary/aromatic N) is 1. The van der Waals surface area contributed by atoms with Crippen molar-refractivity contribution in [2.24, 2.45) is 5.92 Å². The van der Waals surface area contributed by atoms with E-state index in [-0.39, 0.29) is 34.5 Å². The molecule has 2 aromatic carbocycles. The summed E-state index contributed by atoms with van der Waals surface area (Å²) in [6.07, 6.45) is 2.89. The van der Waals surface area contributed by atoms with Gasteiger partial charge in [-0.2, -0.15) is 0 Å². The zero-order valence-corrected chi connectivity index (χ0v) is 19.2. The highest BCUT2D eigenvalue weighted by Crippen LogP contribution is 2.26. The number of carbonyl (C=O) groups excluding carboxylic acids is 2. The van der Waals surface area contributed by atoms with Crippen molar-refractivity contribution in [3.05, 3.63) is 64.7 Å². The number of sulfonamides is 1. The molecule has 0 aromatic heterocycles. The first-order valence-electron chi connectivity index (χ1n) is 10.7. The lowest BCUT2D eigenvalue weighted by molar-refractivity contribution is -0.120. The Morgan fingerprint density at radius 3 is 2.31 bits per heavy atom. The molecule has 170 valence electrons. The van der Waals surface area contributed by atoms with Gasteiger partial charge in [0.15, 0.2) is 0 Å². The molecule has 1 saturated heterocycles. The summed E-state index contributed by atoms with van der Waals surface area (Å²) in [4.78, 5) is 24.9. The van der Waals surface area contributed by atoms with Crippen molar-refractivity contribution < 1.29 is 18.0 Å². The molecule has 0 radical (unpaired) electrons. The fourth-order valence-corrected chi connectivity index (χ4v) is 5.61. The van der Waals surface area contributed by atoms with Crippen molar-refractivity contribution in [3.63, 3.8) is 0 Å². The Bertz CT molecular complexity index is 1100. The smallest absolute Gasteiger partial charge is 0.253 e. The quantitative estimate of drug-likeness (QED) is 0.641. The third-order valence-electron chi connectivity index (χ3n) is 5.80. The monoisotopic (exact) mass is 475 g/mol. The fraction of sp³-hybridized carbons (Fsp3) is 0.391. The average molecular weight is 476 g/mol. The Morgan fingerprint density at radius 1 is 1.00 bits per heavy atom. The summed E-state index contributed by atoms with van der Waals surface area (Å²) in [6.45, 7) is 0.628. The van der Waals surface area contributed by atoms with Crippen molar-refractivity contribution >= 4 is 39.1 Å². The summed E-state index contributed by atoms with van der Waals surface area (Å²) in [5.41, 5.74) is 1.65. The maximum absolute atomic E-state index is 12.7. The summed E-state index contributed by atoms with van der Waals surface area (Å²) in [6, 6.07) is 14.2. The van der Waals surface area contributed by atoms with Gasteiger partial charge in [-0.05, 0) is 49.4 Å². The zero-order chi connectivity index (χ0) is 22.7. The largest absolute Gasteiger partial charge is 0.349 e. The molecule has 2 amide bonds. The Balaban J connectivity index is 1.30. The van der Waals surface area contributed by atoms with Crippen LogP contribution in [0.3, 0.4) is 0 Å². The topological polar surface area (TPSA) is 95.6 Å². The molecule has 1 saturated carbocycles. The molecule has 2 aliphatic rings. The predicted molar refractivity (Wildman–Crippen MR) is 124 cm³/mol. The molecule has 2 aromatic rings. The molecular formula is C23H26ClN3O4S. The minimum Gasteiger partial charge on any atom is -0.349 e. The number of hydrogen-bond acceptors (Lipinski definition) is 4. The second-order valence-corrected chi connectivity index (χ2v) is 10.7. The number of rotatable bonds is 7. The van der Waals surface area contributed by atoms with Crippen LogP contribution in [0.25, 0.3) is 0 Å². The van der Waals surface area contributed by atoms with Crippen molar-refractivity contribution in [3.8, 4) is 0 Å². The highest BCUT2D eigenvalue weighted by Gasteiger charge is 2.31. The van der Waals surface area contributed by atoms with Crippen LogP contribution in [-0.4, -0.2) is 43.7 Å². The molecule has 0 atom stereocenters. The minimum absolute atomic E-state index is 0.0378. The van der Waals surface area contributed by atoms with E-state index >= 15 is 0 Å². The van der Waals surface area contributed by atoms with E-state index in [1.165, 1.54) is 4.31 Å². The van der Waals surface area contributed by atoms with E-state index in [0.717, 1.165) is 18.4 Å². The van der Waals surface area contributed by atoms with E-state index in [1.54, 1.807) is 30.3 Å². The highest BCUT2D eigenvalue weighted by atomic mass is 35.5. The number of halogens is 1. The molecule has 2 fully saturated rings. The molecule has 2 N–H and O–H groups in total. The third-order valence-corrected chi connectivity index (χ3v) is 7.97. The highest BCUT2D eigenvalue weighted by molar-refractivity contribution is 7.88. The van der Waals surface area contributed by atoms with Gasteiger partial charge in [-0.3, -0.25) is 9.59 Å². The van der Waals surface area contributed by atoms with E-state index in [2.05, 4.69) is 10.6 Å². The zero-order valence-electron chi connectivity index (χ0n) is 17.6. The van der Waals surface area contributed by atoms with Crippen LogP contribution in [-0.2, 0) is 20.6 Å². The Morgan fingerprint density at radius 2 is 1.69 bits per heavy atom. The maximum atomic E-state index is 12.7. The average Bonchev–Trinajstić information content (AvgIpc) is 3.58. The van der Waals surface area contributed by atoms with Crippen molar-refractivity contribution in [1.29, 1.82) is 0 Å². The number of anilines is 1. The van der Waals surface area contributed by atoms with Crippen LogP contribution in [0.5, 0.6) is 0 Å². The summed E-state index contributed by atoms with van der Waals surface area (Å²) >= 11 is 6.25. The standard InChI is InChI=1S/C23H26ClN3O4S/c24-21-14-19(8-9-20(21)23(29)25-18-6-7-18)26-22(28)17-10-12-27(13-11-17)32(30,31)15-16-4-2-1-3-5-16/h1-5,8-9,14,17-18H,6-7,10-13,15H2,(H,25,29)(H,26,28). The molecule has 0 unspecified atom stereocenters. The number of nitrogens with one attached hydrogen (secondary N) is 2. The predicted octanol–water partition coefficient (Wildman–Crippen LogP) is 3.41. The Labute approximate surface area is 193 Å². The van der Waals surface area contributed by atoms with Crippen LogP contribution in [0.15, 0.2) is 48.5 Å². The van der Waals surface area contributed by atoms with Gasteiger partial charge in [0, 0.05) is 30.7 Å². The molecule has 1 heterocycles. The van der Waals surface area contributed by atoms with Gasteiger partial charge in [0.25, 0.3) is 5.91 Å². The summed E-state index contributed by atoms with van der Waals surface area (Å²) in [5, 5.41) is 6.01. The van der Waals surface area contributed by atoms with Crippen molar-refractivity contribution in [2.75, 3.05) is 18.4 Å². The molecule has 4 rings (SSSR count). The molecule has 1 aliphatic carbocycles. The van der Waals surface area contributed by atoms with Crippen LogP contribution in [0.4, 0.5) is 5.69 Å². The van der Waals surface area contributed by atoms with Gasteiger partial charge >= 0.3 is 0 Å².